The Hall–Kier alpha value is -1.81. The zero-order chi connectivity index (χ0) is 13.8. The maximum atomic E-state index is 5.39. The second-order valence-electron chi connectivity index (χ2n) is 4.76. The van der Waals surface area contributed by atoms with E-state index in [-0.39, 0.29) is 6.04 Å². The maximum Gasteiger partial charge on any atom is 0.123 e. The second kappa shape index (κ2) is 5.89. The molecule has 0 aliphatic rings. The van der Waals surface area contributed by atoms with Gasteiger partial charge >= 0.3 is 0 Å². The molecule has 19 heavy (non-hydrogen) atoms. The van der Waals surface area contributed by atoms with Gasteiger partial charge in [0, 0.05) is 37.0 Å². The number of hydrogen-bond acceptors (Lipinski definition) is 3. The molecule has 0 aliphatic heterocycles. The molecular formula is C15H21N3O. The number of aromatic nitrogens is 2. The molecule has 102 valence electrons. The molecule has 0 saturated carbocycles. The van der Waals surface area contributed by atoms with E-state index >= 15 is 0 Å². The number of hydrogen-bond donors (Lipinski definition) is 1. The minimum atomic E-state index is 0.232. The first kappa shape index (κ1) is 13.6. The fourth-order valence-corrected chi connectivity index (χ4v) is 2.22. The van der Waals surface area contributed by atoms with Gasteiger partial charge in [0.25, 0.3) is 0 Å². The lowest BCUT2D eigenvalue weighted by Gasteiger charge is -2.17. The van der Waals surface area contributed by atoms with Crippen LogP contribution >= 0.6 is 0 Å². The predicted octanol–water partition coefficient (Wildman–Crippen LogP) is 2.59. The molecule has 0 fully saturated rings. The van der Waals surface area contributed by atoms with Gasteiger partial charge in [-0.2, -0.15) is 5.10 Å². The summed E-state index contributed by atoms with van der Waals surface area (Å²) < 4.78 is 7.24. The Morgan fingerprint density at radius 1 is 1.37 bits per heavy atom. The van der Waals surface area contributed by atoms with E-state index in [1.807, 2.05) is 36.9 Å². The number of aryl methyl sites for hydroxylation is 2. The third kappa shape index (κ3) is 3.15. The van der Waals surface area contributed by atoms with Crippen LogP contribution in [0.1, 0.15) is 29.8 Å². The van der Waals surface area contributed by atoms with E-state index in [0.29, 0.717) is 0 Å². The Morgan fingerprint density at radius 3 is 2.74 bits per heavy atom. The van der Waals surface area contributed by atoms with E-state index in [1.165, 1.54) is 11.1 Å². The van der Waals surface area contributed by atoms with Crippen LogP contribution in [0.25, 0.3) is 0 Å². The van der Waals surface area contributed by atoms with E-state index in [2.05, 4.69) is 29.6 Å². The minimum Gasteiger partial charge on any atom is -0.496 e. The van der Waals surface area contributed by atoms with Crippen molar-refractivity contribution in [3.8, 4) is 5.75 Å². The average Bonchev–Trinajstić information content (AvgIpc) is 2.74. The van der Waals surface area contributed by atoms with Crippen molar-refractivity contribution < 1.29 is 4.74 Å². The highest BCUT2D eigenvalue weighted by atomic mass is 16.5. The van der Waals surface area contributed by atoms with Gasteiger partial charge in [-0.05, 0) is 19.9 Å². The molecule has 1 unspecified atom stereocenters. The highest BCUT2D eigenvalue weighted by molar-refractivity contribution is 5.35. The lowest BCUT2D eigenvalue weighted by Crippen LogP contribution is -2.18. The van der Waals surface area contributed by atoms with Gasteiger partial charge in [0.05, 0.1) is 12.8 Å². The Labute approximate surface area is 114 Å². The molecule has 1 aromatic heterocycles. The Morgan fingerprint density at radius 2 is 2.11 bits per heavy atom. The molecule has 0 aliphatic carbocycles. The molecule has 1 aromatic carbocycles. The van der Waals surface area contributed by atoms with Crippen molar-refractivity contribution in [1.29, 1.82) is 0 Å². The van der Waals surface area contributed by atoms with Gasteiger partial charge < -0.3 is 10.1 Å². The third-order valence-electron chi connectivity index (χ3n) is 3.32. The summed E-state index contributed by atoms with van der Waals surface area (Å²) in [6, 6.07) is 8.33. The van der Waals surface area contributed by atoms with Crippen LogP contribution in [0.2, 0.25) is 0 Å². The van der Waals surface area contributed by atoms with Crippen LogP contribution in [0.5, 0.6) is 5.75 Å². The quantitative estimate of drug-likeness (QED) is 0.897. The number of nitrogens with one attached hydrogen (secondary N) is 1. The molecule has 2 aromatic rings. The van der Waals surface area contributed by atoms with E-state index in [4.69, 9.17) is 4.74 Å². The molecule has 1 N–H and O–H groups in total. The van der Waals surface area contributed by atoms with Crippen molar-refractivity contribution >= 4 is 0 Å². The molecule has 0 bridgehead atoms. The summed E-state index contributed by atoms with van der Waals surface area (Å²) >= 11 is 0. The maximum absolute atomic E-state index is 5.39. The lowest BCUT2D eigenvalue weighted by atomic mass is 10.1. The third-order valence-corrected chi connectivity index (χ3v) is 3.32. The van der Waals surface area contributed by atoms with Crippen molar-refractivity contribution in [2.75, 3.05) is 7.11 Å². The molecule has 0 saturated heterocycles. The summed E-state index contributed by atoms with van der Waals surface area (Å²) in [6.45, 7) is 4.98. The summed E-state index contributed by atoms with van der Waals surface area (Å²) in [5, 5.41) is 7.86. The first-order valence-electron chi connectivity index (χ1n) is 6.47. The average molecular weight is 259 g/mol. The second-order valence-corrected chi connectivity index (χ2v) is 4.76. The molecule has 0 radical (unpaired) electrons. The van der Waals surface area contributed by atoms with Crippen LogP contribution in [0.3, 0.4) is 0 Å². The summed E-state index contributed by atoms with van der Waals surface area (Å²) in [7, 11) is 3.65. The van der Waals surface area contributed by atoms with Gasteiger partial charge in [-0.1, -0.05) is 18.2 Å². The molecule has 1 heterocycles. The number of nitrogens with zero attached hydrogens (tertiary/aromatic N) is 2. The fourth-order valence-electron chi connectivity index (χ4n) is 2.22. The molecule has 2 rings (SSSR count). The lowest BCUT2D eigenvalue weighted by molar-refractivity contribution is 0.401. The van der Waals surface area contributed by atoms with Crippen molar-refractivity contribution in [2.24, 2.45) is 7.05 Å². The molecule has 0 amide bonds. The number of rotatable bonds is 5. The van der Waals surface area contributed by atoms with Crippen LogP contribution in [0.15, 0.2) is 30.5 Å². The first-order valence-corrected chi connectivity index (χ1v) is 6.47. The van der Waals surface area contributed by atoms with Crippen LogP contribution in [0.4, 0.5) is 0 Å². The van der Waals surface area contributed by atoms with Crippen LogP contribution < -0.4 is 10.1 Å². The van der Waals surface area contributed by atoms with Crippen molar-refractivity contribution in [2.45, 2.75) is 26.4 Å². The Bertz CT molecular complexity index is 548. The van der Waals surface area contributed by atoms with Gasteiger partial charge in [-0.15, -0.1) is 0 Å². The van der Waals surface area contributed by atoms with Crippen molar-refractivity contribution in [1.82, 2.24) is 15.1 Å². The molecular weight excluding hydrogens is 238 g/mol. The fraction of sp³-hybridized carbons (Fsp3) is 0.400. The molecule has 4 nitrogen and oxygen atoms in total. The van der Waals surface area contributed by atoms with Gasteiger partial charge in [0.2, 0.25) is 0 Å². The number of ether oxygens (including phenoxy) is 1. The highest BCUT2D eigenvalue weighted by Crippen LogP contribution is 2.24. The largest absolute Gasteiger partial charge is 0.496 e. The van der Waals surface area contributed by atoms with E-state index in [1.54, 1.807) is 7.11 Å². The number of benzene rings is 1. The van der Waals surface area contributed by atoms with E-state index in [9.17, 15) is 0 Å². The first-order chi connectivity index (χ1) is 9.11. The van der Waals surface area contributed by atoms with E-state index < -0.39 is 0 Å². The van der Waals surface area contributed by atoms with Crippen molar-refractivity contribution in [3.05, 3.63) is 47.3 Å². The number of methoxy groups -OCH3 is 1. The topological polar surface area (TPSA) is 39.1 Å². The smallest absolute Gasteiger partial charge is 0.123 e. The summed E-state index contributed by atoms with van der Waals surface area (Å²) in [5.74, 6) is 0.922. The molecule has 0 spiro atoms. The summed E-state index contributed by atoms with van der Waals surface area (Å²) in [6.07, 6.45) is 2.05. The van der Waals surface area contributed by atoms with Gasteiger partial charge in [0.15, 0.2) is 0 Å². The van der Waals surface area contributed by atoms with Gasteiger partial charge in [-0.25, -0.2) is 0 Å². The summed E-state index contributed by atoms with van der Waals surface area (Å²) in [4.78, 5) is 0. The van der Waals surface area contributed by atoms with Crippen molar-refractivity contribution in [3.63, 3.8) is 0 Å². The van der Waals surface area contributed by atoms with Crippen LogP contribution in [0, 0.1) is 6.92 Å². The monoisotopic (exact) mass is 259 g/mol. The van der Waals surface area contributed by atoms with Crippen LogP contribution in [-0.2, 0) is 13.6 Å². The van der Waals surface area contributed by atoms with E-state index in [0.717, 1.165) is 18.0 Å². The standard InChI is InChI=1S/C15H21N3O/c1-11-13(10-18(3)17-11)9-16-12(2)14-7-5-6-8-15(14)19-4/h5-8,10,12,16H,9H2,1-4H3. The van der Waals surface area contributed by atoms with Crippen LogP contribution in [-0.4, -0.2) is 16.9 Å². The van der Waals surface area contributed by atoms with Gasteiger partial charge in [0.1, 0.15) is 5.75 Å². The molecule has 4 heteroatoms. The summed E-state index contributed by atoms with van der Waals surface area (Å²) in [5.41, 5.74) is 3.47. The Kier molecular flexibility index (Phi) is 4.22. The SMILES string of the molecule is COc1ccccc1C(C)NCc1cn(C)nc1C. The highest BCUT2D eigenvalue weighted by Gasteiger charge is 2.11. The normalized spacial score (nSPS) is 12.4. The molecule has 1 atom stereocenters. The Balaban J connectivity index is 2.05. The number of para-hydroxylation sites is 1. The zero-order valence-electron chi connectivity index (χ0n) is 12.0. The predicted molar refractivity (Wildman–Crippen MR) is 76.2 cm³/mol. The minimum absolute atomic E-state index is 0.232. The van der Waals surface area contributed by atoms with Gasteiger partial charge in [-0.3, -0.25) is 4.68 Å². The zero-order valence-corrected chi connectivity index (χ0v) is 12.0.